The number of carbonyl (C=O) groups excluding carboxylic acids is 1. The molecule has 25 heavy (non-hydrogen) atoms. The number of carbonyl (C=O) groups is 1. The molecule has 0 atom stereocenters. The van der Waals surface area contributed by atoms with Crippen LogP contribution in [0.5, 0.6) is 5.75 Å². The quantitative estimate of drug-likeness (QED) is 0.735. The Labute approximate surface area is 149 Å². The first-order valence-electron chi connectivity index (χ1n) is 8.13. The van der Waals surface area contributed by atoms with Gasteiger partial charge in [0.1, 0.15) is 5.75 Å². The van der Waals surface area contributed by atoms with Gasteiger partial charge in [0.25, 0.3) is 5.56 Å². The second kappa shape index (κ2) is 7.53. The number of rotatable bonds is 6. The number of aromatic amines is 1. The van der Waals surface area contributed by atoms with E-state index in [0.29, 0.717) is 18.7 Å². The lowest BCUT2D eigenvalue weighted by molar-refractivity contribution is -0.130. The molecular formula is C19H20N2O3S. The Balaban J connectivity index is 1.91. The predicted molar refractivity (Wildman–Crippen MR) is 100.0 cm³/mol. The molecule has 6 heteroatoms. The Morgan fingerprint density at radius 3 is 2.76 bits per heavy atom. The SMILES string of the molecule is CCOc1ccc2[nH]c(=O)c(CN(Cc3cccs3)C(C)=O)cc2c1. The normalized spacial score (nSPS) is 10.8. The van der Waals surface area contributed by atoms with Crippen molar-refractivity contribution in [1.82, 2.24) is 9.88 Å². The molecular weight excluding hydrogens is 336 g/mol. The van der Waals surface area contributed by atoms with Gasteiger partial charge in [0.15, 0.2) is 0 Å². The molecule has 1 aromatic carbocycles. The average Bonchev–Trinajstić information content (AvgIpc) is 3.08. The largest absolute Gasteiger partial charge is 0.494 e. The number of ether oxygens (including phenoxy) is 1. The van der Waals surface area contributed by atoms with Crippen molar-refractivity contribution in [1.29, 1.82) is 0 Å². The molecule has 130 valence electrons. The van der Waals surface area contributed by atoms with Crippen LogP contribution in [0.25, 0.3) is 10.9 Å². The molecule has 0 aliphatic rings. The summed E-state index contributed by atoms with van der Waals surface area (Å²) in [5, 5.41) is 2.87. The zero-order valence-corrected chi connectivity index (χ0v) is 15.1. The third-order valence-corrected chi connectivity index (χ3v) is 4.80. The summed E-state index contributed by atoms with van der Waals surface area (Å²) in [7, 11) is 0. The molecule has 0 aliphatic heterocycles. The highest BCUT2D eigenvalue weighted by molar-refractivity contribution is 7.09. The Kier molecular flexibility index (Phi) is 5.19. The van der Waals surface area contributed by atoms with Gasteiger partial charge in [0.05, 0.1) is 19.7 Å². The molecule has 0 radical (unpaired) electrons. The fraction of sp³-hybridized carbons (Fsp3) is 0.263. The first kappa shape index (κ1) is 17.2. The van der Waals surface area contributed by atoms with Crippen LogP contribution in [-0.2, 0) is 17.9 Å². The minimum Gasteiger partial charge on any atom is -0.494 e. The summed E-state index contributed by atoms with van der Waals surface area (Å²) in [6.45, 7) is 4.81. The van der Waals surface area contributed by atoms with Crippen LogP contribution in [-0.4, -0.2) is 22.4 Å². The van der Waals surface area contributed by atoms with Crippen molar-refractivity contribution in [2.45, 2.75) is 26.9 Å². The van der Waals surface area contributed by atoms with Gasteiger partial charge in [-0.1, -0.05) is 6.07 Å². The lowest BCUT2D eigenvalue weighted by Gasteiger charge is -2.20. The summed E-state index contributed by atoms with van der Waals surface area (Å²) in [6, 6.07) is 11.3. The number of nitrogens with zero attached hydrogens (tertiary/aromatic N) is 1. The average molecular weight is 356 g/mol. The monoisotopic (exact) mass is 356 g/mol. The van der Waals surface area contributed by atoms with E-state index >= 15 is 0 Å². The highest BCUT2D eigenvalue weighted by Crippen LogP contribution is 2.20. The van der Waals surface area contributed by atoms with Gasteiger partial charge in [-0.05, 0) is 42.6 Å². The number of hydrogen-bond donors (Lipinski definition) is 1. The minimum absolute atomic E-state index is 0.0593. The number of benzene rings is 1. The Bertz CT molecular complexity index is 931. The van der Waals surface area contributed by atoms with Gasteiger partial charge >= 0.3 is 0 Å². The third-order valence-electron chi connectivity index (χ3n) is 3.94. The van der Waals surface area contributed by atoms with Crippen molar-refractivity contribution in [2.75, 3.05) is 6.61 Å². The summed E-state index contributed by atoms with van der Waals surface area (Å²) >= 11 is 1.60. The van der Waals surface area contributed by atoms with E-state index in [4.69, 9.17) is 4.74 Å². The molecule has 0 saturated carbocycles. The Morgan fingerprint density at radius 1 is 1.24 bits per heavy atom. The van der Waals surface area contributed by atoms with Crippen LogP contribution in [0.4, 0.5) is 0 Å². The first-order valence-corrected chi connectivity index (χ1v) is 9.01. The molecule has 3 rings (SSSR count). The summed E-state index contributed by atoms with van der Waals surface area (Å²) in [5.74, 6) is 0.700. The smallest absolute Gasteiger partial charge is 0.253 e. The zero-order chi connectivity index (χ0) is 17.8. The maximum absolute atomic E-state index is 12.4. The van der Waals surface area contributed by atoms with Crippen LogP contribution in [0.1, 0.15) is 24.3 Å². The molecule has 2 heterocycles. The molecule has 0 unspecified atom stereocenters. The fourth-order valence-electron chi connectivity index (χ4n) is 2.68. The summed E-state index contributed by atoms with van der Waals surface area (Å²) in [5.41, 5.74) is 1.15. The van der Waals surface area contributed by atoms with Crippen LogP contribution < -0.4 is 10.3 Å². The summed E-state index contributed by atoms with van der Waals surface area (Å²) < 4.78 is 5.52. The van der Waals surface area contributed by atoms with Crippen molar-refractivity contribution in [3.63, 3.8) is 0 Å². The fourth-order valence-corrected chi connectivity index (χ4v) is 3.40. The van der Waals surface area contributed by atoms with Gasteiger partial charge in [-0.15, -0.1) is 11.3 Å². The van der Waals surface area contributed by atoms with E-state index in [9.17, 15) is 9.59 Å². The number of H-pyrrole nitrogens is 1. The topological polar surface area (TPSA) is 62.4 Å². The van der Waals surface area contributed by atoms with Gasteiger partial charge in [-0.2, -0.15) is 0 Å². The Hall–Kier alpha value is -2.60. The van der Waals surface area contributed by atoms with E-state index in [1.54, 1.807) is 16.2 Å². The third kappa shape index (κ3) is 4.09. The first-order chi connectivity index (χ1) is 12.1. The van der Waals surface area contributed by atoms with E-state index in [2.05, 4.69) is 4.98 Å². The van der Waals surface area contributed by atoms with Crippen LogP contribution in [0.2, 0.25) is 0 Å². The van der Waals surface area contributed by atoms with E-state index in [-0.39, 0.29) is 18.0 Å². The molecule has 0 bridgehead atoms. The molecule has 0 fully saturated rings. The van der Waals surface area contributed by atoms with E-state index in [0.717, 1.165) is 21.5 Å². The van der Waals surface area contributed by atoms with Crippen molar-refractivity contribution in [3.05, 3.63) is 62.6 Å². The predicted octanol–water partition coefficient (Wildman–Crippen LogP) is 3.54. The molecule has 1 amide bonds. The molecule has 0 spiro atoms. The molecule has 1 N–H and O–H groups in total. The van der Waals surface area contributed by atoms with Gasteiger partial charge in [0, 0.05) is 28.3 Å². The number of thiophene rings is 1. The van der Waals surface area contributed by atoms with Crippen LogP contribution >= 0.6 is 11.3 Å². The van der Waals surface area contributed by atoms with Gasteiger partial charge < -0.3 is 14.6 Å². The van der Waals surface area contributed by atoms with Crippen molar-refractivity contribution < 1.29 is 9.53 Å². The van der Waals surface area contributed by atoms with Gasteiger partial charge in [0.2, 0.25) is 5.91 Å². The van der Waals surface area contributed by atoms with Gasteiger partial charge in [-0.3, -0.25) is 9.59 Å². The molecule has 0 saturated heterocycles. The number of aromatic nitrogens is 1. The number of nitrogens with one attached hydrogen (secondary N) is 1. The standard InChI is InChI=1S/C19H20N2O3S/c1-3-24-16-6-7-18-14(10-16)9-15(19(23)20-18)11-21(13(2)22)12-17-5-4-8-25-17/h4-10H,3,11-12H2,1-2H3,(H,20,23). The van der Waals surface area contributed by atoms with Crippen LogP contribution in [0, 0.1) is 0 Å². The molecule has 2 aromatic heterocycles. The lowest BCUT2D eigenvalue weighted by Crippen LogP contribution is -2.30. The highest BCUT2D eigenvalue weighted by Gasteiger charge is 2.14. The number of pyridine rings is 1. The van der Waals surface area contributed by atoms with Crippen molar-refractivity contribution in [2.24, 2.45) is 0 Å². The number of fused-ring (bicyclic) bond motifs is 1. The number of amides is 1. The molecule has 3 aromatic rings. The maximum Gasteiger partial charge on any atom is 0.253 e. The van der Waals surface area contributed by atoms with Crippen LogP contribution in [0.3, 0.4) is 0 Å². The Morgan fingerprint density at radius 2 is 2.08 bits per heavy atom. The molecule has 0 aliphatic carbocycles. The zero-order valence-electron chi connectivity index (χ0n) is 14.2. The van der Waals surface area contributed by atoms with E-state index in [1.807, 2.05) is 48.7 Å². The summed E-state index contributed by atoms with van der Waals surface area (Å²) in [6.07, 6.45) is 0. The molecule has 5 nitrogen and oxygen atoms in total. The van der Waals surface area contributed by atoms with E-state index < -0.39 is 0 Å². The van der Waals surface area contributed by atoms with Crippen molar-refractivity contribution >= 4 is 28.1 Å². The highest BCUT2D eigenvalue weighted by atomic mass is 32.1. The second-order valence-corrected chi connectivity index (χ2v) is 6.79. The van der Waals surface area contributed by atoms with Crippen LogP contribution in [0.15, 0.2) is 46.6 Å². The van der Waals surface area contributed by atoms with Gasteiger partial charge in [-0.25, -0.2) is 0 Å². The lowest BCUT2D eigenvalue weighted by atomic mass is 10.1. The second-order valence-electron chi connectivity index (χ2n) is 5.76. The van der Waals surface area contributed by atoms with Crippen molar-refractivity contribution in [3.8, 4) is 5.75 Å². The number of hydrogen-bond acceptors (Lipinski definition) is 4. The minimum atomic E-state index is -0.172. The summed E-state index contributed by atoms with van der Waals surface area (Å²) in [4.78, 5) is 30.0. The maximum atomic E-state index is 12.4. The van der Waals surface area contributed by atoms with E-state index in [1.165, 1.54) is 6.92 Å².